The highest BCUT2D eigenvalue weighted by Crippen LogP contribution is 2.23. The molecule has 84 valence electrons. The number of nitrogens with zero attached hydrogens (tertiary/aromatic N) is 1. The quantitative estimate of drug-likeness (QED) is 0.718. The molecule has 1 saturated carbocycles. The first-order valence-corrected chi connectivity index (χ1v) is 5.55. The van der Waals surface area contributed by atoms with Gasteiger partial charge in [-0.05, 0) is 32.6 Å². The molecule has 4 nitrogen and oxygen atoms in total. The number of carbonyl (C=O) groups is 1. The van der Waals surface area contributed by atoms with Crippen LogP contribution in [0.5, 0.6) is 0 Å². The van der Waals surface area contributed by atoms with Crippen LogP contribution in [0, 0.1) is 23.2 Å². The van der Waals surface area contributed by atoms with E-state index in [0.717, 1.165) is 32.2 Å². The molecular formula is C11H19N3O. The monoisotopic (exact) mass is 209 g/mol. The number of nitrogens with two attached hydrogens (primary N) is 1. The van der Waals surface area contributed by atoms with Gasteiger partial charge < -0.3 is 11.1 Å². The number of nitrogens with one attached hydrogen (secondary N) is 1. The SMILES string of the molecule is CC(C#N)CNC1CCC(C(N)=O)CC1. The molecule has 0 aromatic heterocycles. The second kappa shape index (κ2) is 5.72. The Morgan fingerprint density at radius 1 is 1.53 bits per heavy atom. The van der Waals surface area contributed by atoms with Gasteiger partial charge in [-0.3, -0.25) is 4.79 Å². The number of primary amides is 1. The Labute approximate surface area is 90.8 Å². The van der Waals surface area contributed by atoms with Crippen molar-refractivity contribution in [1.82, 2.24) is 5.32 Å². The lowest BCUT2D eigenvalue weighted by Gasteiger charge is -2.27. The predicted molar refractivity (Wildman–Crippen MR) is 57.7 cm³/mol. The van der Waals surface area contributed by atoms with Gasteiger partial charge in [-0.15, -0.1) is 0 Å². The minimum atomic E-state index is -0.168. The molecule has 0 heterocycles. The molecule has 0 radical (unpaired) electrons. The van der Waals surface area contributed by atoms with Crippen molar-refractivity contribution in [1.29, 1.82) is 5.26 Å². The zero-order valence-corrected chi connectivity index (χ0v) is 9.20. The van der Waals surface area contributed by atoms with Crippen molar-refractivity contribution in [2.24, 2.45) is 17.6 Å². The van der Waals surface area contributed by atoms with Crippen LogP contribution in [0.1, 0.15) is 32.6 Å². The third-order valence-corrected chi connectivity index (χ3v) is 3.06. The Bertz CT molecular complexity index is 251. The largest absolute Gasteiger partial charge is 0.369 e. The molecule has 0 aromatic rings. The molecule has 4 heteroatoms. The van der Waals surface area contributed by atoms with Crippen molar-refractivity contribution >= 4 is 5.91 Å². The lowest BCUT2D eigenvalue weighted by molar-refractivity contribution is -0.122. The minimum absolute atomic E-state index is 0.0545. The highest BCUT2D eigenvalue weighted by Gasteiger charge is 2.24. The molecule has 1 amide bonds. The summed E-state index contributed by atoms with van der Waals surface area (Å²) in [6.07, 6.45) is 3.75. The van der Waals surface area contributed by atoms with Crippen LogP contribution in [0.2, 0.25) is 0 Å². The van der Waals surface area contributed by atoms with Crippen molar-refractivity contribution in [3.05, 3.63) is 0 Å². The summed E-state index contributed by atoms with van der Waals surface area (Å²) in [4.78, 5) is 10.9. The van der Waals surface area contributed by atoms with Gasteiger partial charge in [0.2, 0.25) is 5.91 Å². The van der Waals surface area contributed by atoms with Gasteiger partial charge in [0.05, 0.1) is 12.0 Å². The van der Waals surface area contributed by atoms with Crippen LogP contribution in [0.15, 0.2) is 0 Å². The van der Waals surface area contributed by atoms with E-state index >= 15 is 0 Å². The number of hydrogen-bond acceptors (Lipinski definition) is 3. The maximum atomic E-state index is 10.9. The summed E-state index contributed by atoms with van der Waals surface area (Å²) >= 11 is 0. The van der Waals surface area contributed by atoms with Crippen LogP contribution in [-0.4, -0.2) is 18.5 Å². The molecule has 0 aliphatic heterocycles. The van der Waals surface area contributed by atoms with E-state index < -0.39 is 0 Å². The third-order valence-electron chi connectivity index (χ3n) is 3.06. The molecular weight excluding hydrogens is 190 g/mol. The van der Waals surface area contributed by atoms with Gasteiger partial charge >= 0.3 is 0 Å². The van der Waals surface area contributed by atoms with E-state index in [1.54, 1.807) is 0 Å². The lowest BCUT2D eigenvalue weighted by Crippen LogP contribution is -2.38. The maximum absolute atomic E-state index is 10.9. The van der Waals surface area contributed by atoms with Crippen molar-refractivity contribution < 1.29 is 4.79 Å². The summed E-state index contributed by atoms with van der Waals surface area (Å²) in [6.45, 7) is 2.64. The van der Waals surface area contributed by atoms with Crippen LogP contribution in [-0.2, 0) is 4.79 Å². The van der Waals surface area contributed by atoms with Crippen molar-refractivity contribution in [3.63, 3.8) is 0 Å². The van der Waals surface area contributed by atoms with Crippen LogP contribution >= 0.6 is 0 Å². The Morgan fingerprint density at radius 3 is 2.60 bits per heavy atom. The molecule has 0 spiro atoms. The van der Waals surface area contributed by atoms with Crippen molar-refractivity contribution in [3.8, 4) is 6.07 Å². The average Bonchev–Trinajstić information content (AvgIpc) is 2.26. The zero-order valence-electron chi connectivity index (χ0n) is 9.20. The molecule has 1 rings (SSSR count). The molecule has 1 aliphatic carbocycles. The van der Waals surface area contributed by atoms with E-state index in [2.05, 4.69) is 11.4 Å². The molecule has 0 bridgehead atoms. The van der Waals surface area contributed by atoms with Gasteiger partial charge in [-0.25, -0.2) is 0 Å². The van der Waals surface area contributed by atoms with Crippen molar-refractivity contribution in [2.75, 3.05) is 6.54 Å². The zero-order chi connectivity index (χ0) is 11.3. The smallest absolute Gasteiger partial charge is 0.220 e. The fraction of sp³-hybridized carbons (Fsp3) is 0.818. The van der Waals surface area contributed by atoms with E-state index in [1.165, 1.54) is 0 Å². The molecule has 3 N–H and O–H groups in total. The number of rotatable bonds is 4. The molecule has 1 unspecified atom stereocenters. The standard InChI is InChI=1S/C11H19N3O/c1-8(6-12)7-14-10-4-2-9(3-5-10)11(13)15/h8-10,14H,2-5,7H2,1H3,(H2,13,15). The highest BCUT2D eigenvalue weighted by atomic mass is 16.1. The van der Waals surface area contributed by atoms with Gasteiger partial charge in [0.15, 0.2) is 0 Å². The van der Waals surface area contributed by atoms with Crippen LogP contribution in [0.4, 0.5) is 0 Å². The first-order valence-electron chi connectivity index (χ1n) is 5.55. The summed E-state index contributed by atoms with van der Waals surface area (Å²) in [5, 5.41) is 12.0. The van der Waals surface area contributed by atoms with E-state index in [1.807, 2.05) is 6.92 Å². The van der Waals surface area contributed by atoms with Crippen molar-refractivity contribution in [2.45, 2.75) is 38.6 Å². The topological polar surface area (TPSA) is 78.9 Å². The van der Waals surface area contributed by atoms with Crippen LogP contribution < -0.4 is 11.1 Å². The normalized spacial score (nSPS) is 28.0. The average molecular weight is 209 g/mol. The van der Waals surface area contributed by atoms with Gasteiger partial charge in [0.25, 0.3) is 0 Å². The van der Waals surface area contributed by atoms with E-state index in [9.17, 15) is 4.79 Å². The molecule has 0 saturated heterocycles. The van der Waals surface area contributed by atoms with Gasteiger partial charge in [0, 0.05) is 18.5 Å². The fourth-order valence-corrected chi connectivity index (χ4v) is 1.97. The van der Waals surface area contributed by atoms with Crippen LogP contribution in [0.3, 0.4) is 0 Å². The molecule has 1 aliphatic rings. The second-order valence-electron chi connectivity index (χ2n) is 4.39. The Hall–Kier alpha value is -1.08. The fourth-order valence-electron chi connectivity index (χ4n) is 1.97. The van der Waals surface area contributed by atoms with Gasteiger partial charge in [0.1, 0.15) is 0 Å². The number of carbonyl (C=O) groups excluding carboxylic acids is 1. The number of hydrogen-bond donors (Lipinski definition) is 2. The molecule has 1 fully saturated rings. The van der Waals surface area contributed by atoms with Gasteiger partial charge in [-0.1, -0.05) is 0 Å². The minimum Gasteiger partial charge on any atom is -0.369 e. The lowest BCUT2D eigenvalue weighted by atomic mass is 9.85. The second-order valence-corrected chi connectivity index (χ2v) is 4.39. The van der Waals surface area contributed by atoms with E-state index in [4.69, 9.17) is 11.0 Å². The first-order chi connectivity index (χ1) is 7.13. The predicted octanol–water partition coefficient (Wildman–Crippen LogP) is 0.780. The van der Waals surface area contributed by atoms with Gasteiger partial charge in [-0.2, -0.15) is 5.26 Å². The number of amides is 1. The summed E-state index contributed by atoms with van der Waals surface area (Å²) in [5.74, 6) is -0.0471. The maximum Gasteiger partial charge on any atom is 0.220 e. The van der Waals surface area contributed by atoms with Crippen LogP contribution in [0.25, 0.3) is 0 Å². The van der Waals surface area contributed by atoms with E-state index in [-0.39, 0.29) is 17.7 Å². The Balaban J connectivity index is 2.21. The summed E-state index contributed by atoms with van der Waals surface area (Å²) in [6, 6.07) is 2.65. The third kappa shape index (κ3) is 3.88. The summed E-state index contributed by atoms with van der Waals surface area (Å²) in [7, 11) is 0. The number of nitriles is 1. The molecule has 15 heavy (non-hydrogen) atoms. The first kappa shape index (κ1) is 12.0. The summed E-state index contributed by atoms with van der Waals surface area (Å²) in [5.41, 5.74) is 5.25. The van der Waals surface area contributed by atoms with E-state index in [0.29, 0.717) is 6.04 Å². The highest BCUT2D eigenvalue weighted by molar-refractivity contribution is 5.76. The Kier molecular flexibility index (Phi) is 4.57. The Morgan fingerprint density at radius 2 is 2.13 bits per heavy atom. The summed E-state index contributed by atoms with van der Waals surface area (Å²) < 4.78 is 0. The molecule has 0 aromatic carbocycles. The molecule has 1 atom stereocenters.